The fourth-order valence-electron chi connectivity index (χ4n) is 5.09. The number of aromatic hydroxyl groups is 1. The molecular formula is C22H20N2O6. The molecule has 0 aliphatic carbocycles. The van der Waals surface area contributed by atoms with Crippen LogP contribution in [0.3, 0.4) is 0 Å². The monoisotopic (exact) mass is 408 g/mol. The van der Waals surface area contributed by atoms with Gasteiger partial charge in [0.15, 0.2) is 0 Å². The zero-order chi connectivity index (χ0) is 21.0. The van der Waals surface area contributed by atoms with E-state index in [0.29, 0.717) is 11.3 Å². The maximum absolute atomic E-state index is 13.7. The average molecular weight is 408 g/mol. The number of hydrogen-bond donors (Lipinski definition) is 4. The minimum Gasteiger partial charge on any atom is -0.508 e. The van der Waals surface area contributed by atoms with Crippen LogP contribution in [0.5, 0.6) is 5.75 Å². The number of phenols is 1. The lowest BCUT2D eigenvalue weighted by Crippen LogP contribution is -2.55. The summed E-state index contributed by atoms with van der Waals surface area (Å²) in [5.41, 5.74) is 1.08. The van der Waals surface area contributed by atoms with Gasteiger partial charge < -0.3 is 25.0 Å². The first kappa shape index (κ1) is 18.7. The molecule has 3 heterocycles. The molecule has 0 bridgehead atoms. The Labute approximate surface area is 171 Å². The quantitative estimate of drug-likeness (QED) is 0.487. The summed E-state index contributed by atoms with van der Waals surface area (Å²) in [4.78, 5) is 30.6. The SMILES string of the molecule is O=C1C[C@]2(C(=O)N(CO)c3cc(O)ccc32)[C@H](c2c[nH]c3ccccc23)[C@@H](CO)O1. The van der Waals surface area contributed by atoms with Crippen LogP contribution in [0.1, 0.15) is 23.5 Å². The Hall–Kier alpha value is -3.36. The number of amides is 1. The number of aliphatic hydroxyl groups excluding tert-OH is 2. The van der Waals surface area contributed by atoms with Crippen molar-refractivity contribution in [3.63, 3.8) is 0 Å². The van der Waals surface area contributed by atoms with Crippen molar-refractivity contribution >= 4 is 28.5 Å². The Kier molecular flexibility index (Phi) is 4.09. The highest BCUT2D eigenvalue weighted by Gasteiger charge is 2.62. The Morgan fingerprint density at radius 2 is 1.97 bits per heavy atom. The third kappa shape index (κ3) is 2.34. The van der Waals surface area contributed by atoms with Crippen LogP contribution >= 0.6 is 0 Å². The minimum absolute atomic E-state index is 0.0576. The van der Waals surface area contributed by atoms with E-state index in [-0.39, 0.29) is 12.2 Å². The van der Waals surface area contributed by atoms with Crippen LogP contribution in [0, 0.1) is 0 Å². The second-order valence-corrected chi connectivity index (χ2v) is 7.70. The topological polar surface area (TPSA) is 123 Å². The number of esters is 1. The fourth-order valence-corrected chi connectivity index (χ4v) is 5.09. The number of aromatic amines is 1. The molecule has 0 radical (unpaired) electrons. The van der Waals surface area contributed by atoms with Crippen LogP contribution in [0.2, 0.25) is 0 Å². The van der Waals surface area contributed by atoms with Crippen molar-refractivity contribution in [1.29, 1.82) is 0 Å². The number of nitrogens with one attached hydrogen (secondary N) is 1. The van der Waals surface area contributed by atoms with E-state index in [1.807, 2.05) is 24.3 Å². The summed E-state index contributed by atoms with van der Waals surface area (Å²) in [7, 11) is 0. The Bertz CT molecular complexity index is 1170. The number of aromatic nitrogens is 1. The lowest BCUT2D eigenvalue weighted by molar-refractivity contribution is -0.166. The van der Waals surface area contributed by atoms with E-state index in [2.05, 4.69) is 4.98 Å². The summed E-state index contributed by atoms with van der Waals surface area (Å²) >= 11 is 0. The Morgan fingerprint density at radius 3 is 2.73 bits per heavy atom. The summed E-state index contributed by atoms with van der Waals surface area (Å²) in [6.07, 6.45) is 0.587. The summed E-state index contributed by atoms with van der Waals surface area (Å²) in [5, 5.41) is 30.8. The molecule has 2 aromatic carbocycles. The van der Waals surface area contributed by atoms with Crippen LogP contribution in [-0.4, -0.2) is 51.6 Å². The number of phenolic OH excluding ortho intramolecular Hbond substituents is 1. The van der Waals surface area contributed by atoms with Gasteiger partial charge in [0.2, 0.25) is 5.91 Å². The zero-order valence-electron chi connectivity index (χ0n) is 15.9. The van der Waals surface area contributed by atoms with Crippen molar-refractivity contribution in [1.82, 2.24) is 4.98 Å². The predicted molar refractivity (Wildman–Crippen MR) is 107 cm³/mol. The zero-order valence-corrected chi connectivity index (χ0v) is 15.9. The molecule has 5 rings (SSSR count). The van der Waals surface area contributed by atoms with Crippen molar-refractivity contribution in [2.45, 2.75) is 23.9 Å². The molecule has 8 nitrogen and oxygen atoms in total. The highest BCUT2D eigenvalue weighted by molar-refractivity contribution is 6.11. The van der Waals surface area contributed by atoms with Crippen LogP contribution in [0.4, 0.5) is 5.69 Å². The molecule has 4 N–H and O–H groups in total. The van der Waals surface area contributed by atoms with E-state index in [1.165, 1.54) is 12.1 Å². The van der Waals surface area contributed by atoms with Gasteiger partial charge in [-0.3, -0.25) is 14.5 Å². The second-order valence-electron chi connectivity index (χ2n) is 7.70. The third-order valence-electron chi connectivity index (χ3n) is 6.27. The molecule has 0 saturated carbocycles. The minimum atomic E-state index is -1.38. The van der Waals surface area contributed by atoms with Gasteiger partial charge in [-0.25, -0.2) is 0 Å². The maximum Gasteiger partial charge on any atom is 0.307 e. The molecule has 1 spiro atoms. The first-order valence-corrected chi connectivity index (χ1v) is 9.64. The number of rotatable bonds is 3. The Balaban J connectivity index is 1.82. The van der Waals surface area contributed by atoms with Gasteiger partial charge in [-0.2, -0.15) is 0 Å². The number of H-pyrrole nitrogens is 1. The highest BCUT2D eigenvalue weighted by Crippen LogP contribution is 2.56. The molecule has 3 aromatic rings. The number of benzene rings is 2. The summed E-state index contributed by atoms with van der Waals surface area (Å²) in [5.74, 6) is -1.81. The number of hydrogen-bond acceptors (Lipinski definition) is 6. The number of anilines is 1. The first-order valence-electron chi connectivity index (χ1n) is 9.64. The summed E-state index contributed by atoms with van der Waals surface area (Å²) in [6.45, 7) is -1.06. The number of fused-ring (bicyclic) bond motifs is 3. The van der Waals surface area contributed by atoms with E-state index >= 15 is 0 Å². The lowest BCUT2D eigenvalue weighted by Gasteiger charge is -2.43. The predicted octanol–water partition coefficient (Wildman–Crippen LogP) is 1.50. The standard InChI is InChI=1S/C22H20N2O6/c25-10-18-20(14-9-23-16-4-2-1-3-13(14)16)22(8-19(28)30-18)15-6-5-12(27)7-17(15)24(11-26)21(22)29/h1-7,9,18,20,23,25-27H,8,10-11H2/t18-,20-,22-/m1/s1. The summed E-state index contributed by atoms with van der Waals surface area (Å²) in [6, 6.07) is 12.0. The van der Waals surface area contributed by atoms with E-state index in [4.69, 9.17) is 4.74 Å². The van der Waals surface area contributed by atoms with Crippen LogP contribution in [-0.2, 0) is 19.7 Å². The third-order valence-corrected chi connectivity index (χ3v) is 6.27. The number of nitrogens with zero attached hydrogens (tertiary/aromatic N) is 1. The molecule has 1 amide bonds. The number of carbonyl (C=O) groups is 2. The average Bonchev–Trinajstić information content (AvgIpc) is 3.25. The maximum atomic E-state index is 13.7. The normalized spacial score (nSPS) is 25.7. The second kappa shape index (κ2) is 6.58. The van der Waals surface area contributed by atoms with Crippen molar-refractivity contribution in [2.75, 3.05) is 18.2 Å². The Morgan fingerprint density at radius 1 is 1.17 bits per heavy atom. The van der Waals surface area contributed by atoms with E-state index in [9.17, 15) is 24.9 Å². The lowest BCUT2D eigenvalue weighted by atomic mass is 9.62. The largest absolute Gasteiger partial charge is 0.508 e. The smallest absolute Gasteiger partial charge is 0.307 e. The number of cyclic esters (lactones) is 1. The molecular weight excluding hydrogens is 388 g/mol. The van der Waals surface area contributed by atoms with Crippen molar-refractivity contribution in [3.8, 4) is 5.75 Å². The number of ether oxygens (including phenoxy) is 1. The molecule has 2 aliphatic heterocycles. The van der Waals surface area contributed by atoms with Crippen LogP contribution in [0.25, 0.3) is 10.9 Å². The van der Waals surface area contributed by atoms with Crippen molar-refractivity contribution in [3.05, 3.63) is 59.8 Å². The molecule has 3 atom stereocenters. The van der Waals surface area contributed by atoms with Gasteiger partial charge in [-0.15, -0.1) is 0 Å². The highest BCUT2D eigenvalue weighted by atomic mass is 16.6. The van der Waals surface area contributed by atoms with Crippen LogP contribution < -0.4 is 4.90 Å². The van der Waals surface area contributed by atoms with Gasteiger partial charge in [-0.05, 0) is 23.3 Å². The molecule has 1 fully saturated rings. The molecule has 1 aromatic heterocycles. The fraction of sp³-hybridized carbons (Fsp3) is 0.273. The first-order chi connectivity index (χ1) is 14.5. The van der Waals surface area contributed by atoms with E-state index < -0.39 is 42.7 Å². The summed E-state index contributed by atoms with van der Waals surface area (Å²) < 4.78 is 5.48. The van der Waals surface area contributed by atoms with Gasteiger partial charge in [0.05, 0.1) is 24.1 Å². The number of aliphatic hydroxyl groups is 2. The van der Waals surface area contributed by atoms with Gasteiger partial charge >= 0.3 is 5.97 Å². The van der Waals surface area contributed by atoms with Gasteiger partial charge in [0.25, 0.3) is 0 Å². The van der Waals surface area contributed by atoms with Crippen molar-refractivity contribution < 1.29 is 29.6 Å². The number of para-hydroxylation sites is 1. The van der Waals surface area contributed by atoms with Gasteiger partial charge in [0.1, 0.15) is 18.6 Å². The molecule has 0 unspecified atom stereocenters. The molecule has 30 heavy (non-hydrogen) atoms. The molecule has 8 heteroatoms. The molecule has 154 valence electrons. The van der Waals surface area contributed by atoms with E-state index in [0.717, 1.165) is 21.4 Å². The number of carbonyl (C=O) groups excluding carboxylic acids is 2. The van der Waals surface area contributed by atoms with E-state index in [1.54, 1.807) is 12.3 Å². The van der Waals surface area contributed by atoms with Crippen molar-refractivity contribution in [2.24, 2.45) is 0 Å². The molecule has 1 saturated heterocycles. The molecule has 2 aliphatic rings. The van der Waals surface area contributed by atoms with Gasteiger partial charge in [-0.1, -0.05) is 24.3 Å². The van der Waals surface area contributed by atoms with Gasteiger partial charge in [0, 0.05) is 29.1 Å². The van der Waals surface area contributed by atoms with Crippen LogP contribution in [0.15, 0.2) is 48.7 Å².